The van der Waals surface area contributed by atoms with Crippen molar-refractivity contribution in [1.82, 2.24) is 24.5 Å². The molecule has 230 valence electrons. The number of carbonyl (C=O) groups is 1. The summed E-state index contributed by atoms with van der Waals surface area (Å²) in [6, 6.07) is 14.4. The van der Waals surface area contributed by atoms with Gasteiger partial charge in [0.15, 0.2) is 11.3 Å². The highest BCUT2D eigenvalue weighted by Gasteiger charge is 2.43. The van der Waals surface area contributed by atoms with Crippen LogP contribution in [0, 0.1) is 45.5 Å². The summed E-state index contributed by atoms with van der Waals surface area (Å²) < 4.78 is 57.4. The van der Waals surface area contributed by atoms with E-state index in [4.69, 9.17) is 14.7 Å². The van der Waals surface area contributed by atoms with Gasteiger partial charge in [0.1, 0.15) is 35.4 Å². The molecule has 0 atom stereocenters. The van der Waals surface area contributed by atoms with Crippen molar-refractivity contribution < 1.29 is 27.4 Å². The van der Waals surface area contributed by atoms with Gasteiger partial charge in [-0.2, -0.15) is 15.5 Å². The summed E-state index contributed by atoms with van der Waals surface area (Å²) in [5, 5.41) is 18.3. The van der Waals surface area contributed by atoms with E-state index in [2.05, 4.69) is 26.0 Å². The first kappa shape index (κ1) is 30.2. The molecule has 13 heteroatoms. The molecular formula is C33H24F3N7O3. The fraction of sp³-hybridized carbons (Fsp3) is 0.242. The second kappa shape index (κ2) is 12.3. The van der Waals surface area contributed by atoms with Crippen LogP contribution in [0.4, 0.5) is 13.2 Å². The SMILES string of the molecule is COC(=O)c1ccc2nc(Cc3cc(F)c(-c4ccnc(OCc5ccc(C#N)cc5F)n4)cc3F)n(CC3(CC#N)CC3)c2n1. The number of halogens is 3. The van der Waals surface area contributed by atoms with Crippen molar-refractivity contribution in [2.75, 3.05) is 7.11 Å². The maximum atomic E-state index is 15.6. The van der Waals surface area contributed by atoms with E-state index in [9.17, 15) is 14.4 Å². The van der Waals surface area contributed by atoms with Crippen LogP contribution in [0.3, 0.4) is 0 Å². The first-order valence-electron chi connectivity index (χ1n) is 14.2. The minimum atomic E-state index is -0.754. The number of aromatic nitrogens is 5. The zero-order chi connectivity index (χ0) is 32.4. The van der Waals surface area contributed by atoms with Crippen molar-refractivity contribution in [3.8, 4) is 29.4 Å². The van der Waals surface area contributed by atoms with Crippen LogP contribution in [0.15, 0.2) is 54.7 Å². The average Bonchev–Trinajstić information content (AvgIpc) is 3.74. The Bertz CT molecular complexity index is 2080. The number of rotatable bonds is 10. The summed E-state index contributed by atoms with van der Waals surface area (Å²) in [5.74, 6) is -2.33. The number of pyridine rings is 1. The number of fused-ring (bicyclic) bond motifs is 1. The lowest BCUT2D eigenvalue weighted by Crippen LogP contribution is -2.16. The molecule has 0 unspecified atom stereocenters. The Hall–Kier alpha value is -5.82. The van der Waals surface area contributed by atoms with Crippen LogP contribution >= 0.6 is 0 Å². The molecule has 0 bridgehead atoms. The summed E-state index contributed by atoms with van der Waals surface area (Å²) in [5.41, 5.74) is 0.894. The molecule has 1 aliphatic rings. The molecule has 0 aliphatic heterocycles. The van der Waals surface area contributed by atoms with Gasteiger partial charge in [-0.15, -0.1) is 0 Å². The van der Waals surface area contributed by atoms with Crippen LogP contribution in [0.2, 0.25) is 0 Å². The minimum absolute atomic E-state index is 0.0259. The molecule has 10 nitrogen and oxygen atoms in total. The summed E-state index contributed by atoms with van der Waals surface area (Å²) in [4.78, 5) is 29.4. The van der Waals surface area contributed by atoms with E-state index in [0.717, 1.165) is 31.0 Å². The number of ether oxygens (including phenoxy) is 2. The van der Waals surface area contributed by atoms with Gasteiger partial charge >= 0.3 is 12.0 Å². The molecule has 5 aromatic rings. The number of methoxy groups -OCH3 is 1. The third-order valence-electron chi connectivity index (χ3n) is 7.90. The van der Waals surface area contributed by atoms with E-state index >= 15 is 8.78 Å². The predicted octanol–water partition coefficient (Wildman–Crippen LogP) is 5.83. The molecule has 0 saturated heterocycles. The van der Waals surface area contributed by atoms with E-state index in [0.29, 0.717) is 30.0 Å². The van der Waals surface area contributed by atoms with Gasteiger partial charge in [0.25, 0.3) is 0 Å². The highest BCUT2D eigenvalue weighted by Crippen LogP contribution is 2.50. The maximum Gasteiger partial charge on any atom is 0.356 e. The van der Waals surface area contributed by atoms with Crippen molar-refractivity contribution in [1.29, 1.82) is 10.5 Å². The van der Waals surface area contributed by atoms with Crippen LogP contribution in [0.25, 0.3) is 22.4 Å². The summed E-state index contributed by atoms with van der Waals surface area (Å²) >= 11 is 0. The summed E-state index contributed by atoms with van der Waals surface area (Å²) in [7, 11) is 1.25. The van der Waals surface area contributed by atoms with Gasteiger partial charge in [0, 0.05) is 42.1 Å². The Labute approximate surface area is 260 Å². The van der Waals surface area contributed by atoms with Crippen molar-refractivity contribution in [2.24, 2.45) is 5.41 Å². The van der Waals surface area contributed by atoms with E-state index < -0.39 is 23.4 Å². The Kier molecular flexibility index (Phi) is 8.07. The van der Waals surface area contributed by atoms with E-state index in [1.165, 1.54) is 37.6 Å². The largest absolute Gasteiger partial charge is 0.464 e. The van der Waals surface area contributed by atoms with Crippen molar-refractivity contribution in [2.45, 2.75) is 38.8 Å². The third kappa shape index (κ3) is 6.08. The maximum absolute atomic E-state index is 15.6. The van der Waals surface area contributed by atoms with Crippen molar-refractivity contribution >= 4 is 17.1 Å². The average molecular weight is 624 g/mol. The third-order valence-corrected chi connectivity index (χ3v) is 7.90. The number of nitriles is 2. The van der Waals surface area contributed by atoms with Crippen molar-refractivity contribution in [3.63, 3.8) is 0 Å². The van der Waals surface area contributed by atoms with Crippen LogP contribution in [-0.2, 0) is 24.3 Å². The predicted molar refractivity (Wildman–Crippen MR) is 156 cm³/mol. The Morgan fingerprint density at radius 2 is 1.78 bits per heavy atom. The monoisotopic (exact) mass is 623 g/mol. The Morgan fingerprint density at radius 1 is 0.978 bits per heavy atom. The van der Waals surface area contributed by atoms with Gasteiger partial charge in [-0.25, -0.2) is 32.9 Å². The number of benzene rings is 2. The highest BCUT2D eigenvalue weighted by molar-refractivity contribution is 5.89. The number of esters is 1. The van der Waals surface area contributed by atoms with E-state index in [1.807, 2.05) is 6.07 Å². The lowest BCUT2D eigenvalue weighted by molar-refractivity contribution is 0.0594. The number of nitrogens with zero attached hydrogens (tertiary/aromatic N) is 7. The topological polar surface area (TPSA) is 140 Å². The standard InChI is InChI=1S/C33H24F3N7O3/c1-45-31(44)28-5-4-27-30(41-28)43(18-33(7-8-33)9-10-37)29(40-27)14-21-13-25(36)22(15-24(21)35)26-6-11-39-32(42-26)46-17-20-3-2-19(16-38)12-23(20)34/h2-6,11-13,15H,7-9,14,17-18H2,1H3. The molecule has 3 heterocycles. The smallest absolute Gasteiger partial charge is 0.356 e. The zero-order valence-corrected chi connectivity index (χ0v) is 24.4. The van der Waals surface area contributed by atoms with Crippen LogP contribution in [0.5, 0.6) is 6.01 Å². The highest BCUT2D eigenvalue weighted by atomic mass is 19.1. The van der Waals surface area contributed by atoms with Gasteiger partial charge in [-0.3, -0.25) is 0 Å². The van der Waals surface area contributed by atoms with Crippen LogP contribution in [-0.4, -0.2) is 37.6 Å². The molecule has 46 heavy (non-hydrogen) atoms. The molecule has 0 N–H and O–H groups in total. The fourth-order valence-corrected chi connectivity index (χ4v) is 5.17. The Morgan fingerprint density at radius 3 is 2.50 bits per heavy atom. The molecule has 3 aromatic heterocycles. The fourth-order valence-electron chi connectivity index (χ4n) is 5.17. The van der Waals surface area contributed by atoms with Crippen LogP contribution in [0.1, 0.15) is 52.3 Å². The normalized spacial score (nSPS) is 13.2. The second-order valence-corrected chi connectivity index (χ2v) is 11.0. The lowest BCUT2D eigenvalue weighted by atomic mass is 10.0. The van der Waals surface area contributed by atoms with Gasteiger partial charge in [0.2, 0.25) is 0 Å². The molecule has 0 spiro atoms. The van der Waals surface area contributed by atoms with E-state index in [1.54, 1.807) is 10.6 Å². The first-order chi connectivity index (χ1) is 22.2. The number of carbonyl (C=O) groups excluding carboxylic acids is 1. The van der Waals surface area contributed by atoms with Gasteiger partial charge in [0.05, 0.1) is 30.5 Å². The second-order valence-electron chi connectivity index (χ2n) is 11.0. The molecule has 1 aliphatic carbocycles. The molecule has 0 amide bonds. The summed E-state index contributed by atoms with van der Waals surface area (Å²) in [6.07, 6.45) is 3.17. The molecule has 1 saturated carbocycles. The van der Waals surface area contributed by atoms with Gasteiger partial charge in [-0.05, 0) is 60.9 Å². The number of hydrogen-bond acceptors (Lipinski definition) is 9. The van der Waals surface area contributed by atoms with E-state index in [-0.39, 0.29) is 58.1 Å². The lowest BCUT2D eigenvalue weighted by Gasteiger charge is -2.16. The quantitative estimate of drug-likeness (QED) is 0.176. The molecule has 1 fully saturated rings. The molecule has 2 aromatic carbocycles. The zero-order valence-electron chi connectivity index (χ0n) is 24.4. The Balaban J connectivity index is 1.28. The molecule has 6 rings (SSSR count). The van der Waals surface area contributed by atoms with Crippen LogP contribution < -0.4 is 4.74 Å². The molecule has 0 radical (unpaired) electrons. The first-order valence-corrected chi connectivity index (χ1v) is 14.2. The summed E-state index contributed by atoms with van der Waals surface area (Å²) in [6.45, 7) is 0.131. The number of hydrogen-bond donors (Lipinski definition) is 0. The van der Waals surface area contributed by atoms with Crippen molar-refractivity contribution in [3.05, 3.63) is 100 Å². The van der Waals surface area contributed by atoms with Gasteiger partial charge < -0.3 is 14.0 Å². The minimum Gasteiger partial charge on any atom is -0.464 e. The number of imidazole rings is 1. The van der Waals surface area contributed by atoms with Gasteiger partial charge in [-0.1, -0.05) is 6.07 Å². The molecular weight excluding hydrogens is 599 g/mol.